The van der Waals surface area contributed by atoms with Crippen molar-refractivity contribution in [1.82, 2.24) is 15.2 Å². The number of amides is 2. The molecule has 3 fully saturated rings. The summed E-state index contributed by atoms with van der Waals surface area (Å²) in [5, 5.41) is 10.9. The third-order valence-electron chi connectivity index (χ3n) is 8.50. The van der Waals surface area contributed by atoms with Crippen LogP contribution in [0.15, 0.2) is 54.6 Å². The van der Waals surface area contributed by atoms with Crippen LogP contribution < -0.4 is 16.0 Å². The topological polar surface area (TPSA) is 69.3 Å². The number of nitrogens with zero attached hydrogens (tertiary/aromatic N) is 2. The van der Waals surface area contributed by atoms with Gasteiger partial charge in [0.05, 0.1) is 11.6 Å². The average Bonchev–Trinajstić information content (AvgIpc) is 3.57. The molecule has 0 spiro atoms. The van der Waals surface area contributed by atoms with Crippen LogP contribution in [0.1, 0.15) is 62.1 Å². The number of hydrogen-bond donors (Lipinski definition) is 3. The lowest BCUT2D eigenvalue weighted by atomic mass is 9.97. The number of anilines is 2. The number of carbonyl (C=O) groups is 1. The molecule has 2 saturated heterocycles. The smallest absolute Gasteiger partial charge is 0.319 e. The van der Waals surface area contributed by atoms with Crippen LogP contribution in [0.25, 0.3) is 10.9 Å². The summed E-state index contributed by atoms with van der Waals surface area (Å²) in [6, 6.07) is 21.4. The highest BCUT2D eigenvalue weighted by molar-refractivity contribution is 5.93. The van der Waals surface area contributed by atoms with Crippen LogP contribution in [0.3, 0.4) is 0 Å². The van der Waals surface area contributed by atoms with Gasteiger partial charge in [0.25, 0.3) is 0 Å². The fourth-order valence-electron chi connectivity index (χ4n) is 6.82. The molecule has 3 atom stereocenters. The van der Waals surface area contributed by atoms with Crippen molar-refractivity contribution in [3.05, 3.63) is 65.7 Å². The van der Waals surface area contributed by atoms with Gasteiger partial charge in [0.2, 0.25) is 0 Å². The Morgan fingerprint density at radius 2 is 1.69 bits per heavy atom. The number of rotatable bonds is 5. The maximum atomic E-state index is 12.8. The number of urea groups is 1. The Bertz CT molecular complexity index is 1260. The van der Waals surface area contributed by atoms with Crippen LogP contribution in [-0.4, -0.2) is 40.1 Å². The van der Waals surface area contributed by atoms with Gasteiger partial charge in [-0.2, -0.15) is 0 Å². The van der Waals surface area contributed by atoms with Gasteiger partial charge in [-0.3, -0.25) is 4.90 Å². The van der Waals surface area contributed by atoms with Crippen molar-refractivity contribution in [3.8, 4) is 0 Å². The van der Waals surface area contributed by atoms with E-state index in [9.17, 15) is 4.79 Å². The molecule has 2 aliphatic heterocycles. The lowest BCUT2D eigenvalue weighted by Gasteiger charge is -2.39. The fourth-order valence-corrected chi connectivity index (χ4v) is 6.82. The summed E-state index contributed by atoms with van der Waals surface area (Å²) >= 11 is 0. The van der Waals surface area contributed by atoms with E-state index in [1.54, 1.807) is 0 Å². The number of hydrogen-bond acceptors (Lipinski definition) is 4. The van der Waals surface area contributed by atoms with E-state index < -0.39 is 0 Å². The number of aromatic nitrogens is 1. The maximum absolute atomic E-state index is 12.8. The predicted octanol–water partition coefficient (Wildman–Crippen LogP) is 5.61. The number of benzene rings is 2. The zero-order chi connectivity index (χ0) is 23.4. The van der Waals surface area contributed by atoms with Crippen molar-refractivity contribution in [2.75, 3.05) is 10.6 Å². The number of fused-ring (bicyclic) bond motifs is 4. The molecule has 6 heteroatoms. The molecule has 35 heavy (non-hydrogen) atoms. The van der Waals surface area contributed by atoms with E-state index in [0.717, 1.165) is 54.1 Å². The van der Waals surface area contributed by atoms with Crippen LogP contribution in [0.4, 0.5) is 16.3 Å². The quantitative estimate of drug-likeness (QED) is 0.456. The van der Waals surface area contributed by atoms with Crippen LogP contribution in [0, 0.1) is 0 Å². The van der Waals surface area contributed by atoms with E-state index in [1.165, 1.54) is 36.8 Å². The van der Waals surface area contributed by atoms with E-state index in [1.807, 2.05) is 24.3 Å². The lowest BCUT2D eigenvalue weighted by Crippen LogP contribution is -2.51. The largest absolute Gasteiger partial charge is 0.363 e. The average molecular weight is 468 g/mol. The molecule has 4 aliphatic rings. The molecular formula is C29H33N5O. The summed E-state index contributed by atoms with van der Waals surface area (Å²) in [7, 11) is 0. The first-order chi connectivity index (χ1) is 17.2. The number of piperidine rings is 1. The standard InChI is InChI=1S/C29H33N5O/c35-29(31-21-16-23-10-11-24(17-21)34(23)22-8-9-22)30-20-7-13-26-19(15-20)6-14-28(32-26)33-27-12-5-18-3-1-2-4-25(18)27/h1-4,6-7,13-15,21-24,27H,5,8-12,16-17H2,(H,32,33)(H2,30,31,35)/t21?,23?,24?,27-/m1/s1. The SMILES string of the molecule is O=C(Nc1ccc2nc(N[C@@H]3CCc4ccccc43)ccc2c1)NC1CC2CCC(C1)N2C1CC1. The number of carbonyl (C=O) groups excluding carboxylic acids is 1. The molecule has 3 aromatic rings. The molecule has 2 unspecified atom stereocenters. The van der Waals surface area contributed by atoms with Gasteiger partial charge < -0.3 is 16.0 Å². The van der Waals surface area contributed by atoms with Crippen molar-refractivity contribution in [1.29, 1.82) is 0 Å². The third kappa shape index (κ3) is 4.14. The molecule has 180 valence electrons. The van der Waals surface area contributed by atoms with Crippen molar-refractivity contribution in [3.63, 3.8) is 0 Å². The van der Waals surface area contributed by atoms with Crippen molar-refractivity contribution < 1.29 is 4.79 Å². The lowest BCUT2D eigenvalue weighted by molar-refractivity contribution is 0.111. The Balaban J connectivity index is 0.986. The second kappa shape index (κ2) is 8.52. The second-order valence-corrected chi connectivity index (χ2v) is 10.9. The van der Waals surface area contributed by atoms with Gasteiger partial charge in [-0.15, -0.1) is 0 Å². The first-order valence-electron chi connectivity index (χ1n) is 13.3. The van der Waals surface area contributed by atoms with Gasteiger partial charge in [-0.05, 0) is 92.8 Å². The van der Waals surface area contributed by atoms with E-state index >= 15 is 0 Å². The van der Waals surface area contributed by atoms with Crippen LogP contribution in [0.2, 0.25) is 0 Å². The molecule has 1 saturated carbocycles. The molecular weight excluding hydrogens is 434 g/mol. The molecule has 7 rings (SSSR count). The van der Waals surface area contributed by atoms with Crippen LogP contribution in [0.5, 0.6) is 0 Å². The van der Waals surface area contributed by atoms with Gasteiger partial charge in [-0.25, -0.2) is 9.78 Å². The summed E-state index contributed by atoms with van der Waals surface area (Å²) in [5.41, 5.74) is 4.55. The molecule has 3 N–H and O–H groups in total. The van der Waals surface area contributed by atoms with Gasteiger partial charge in [0, 0.05) is 35.2 Å². The van der Waals surface area contributed by atoms with Gasteiger partial charge in [0.1, 0.15) is 5.82 Å². The maximum Gasteiger partial charge on any atom is 0.319 e. The Morgan fingerprint density at radius 3 is 2.51 bits per heavy atom. The van der Waals surface area contributed by atoms with Crippen LogP contribution >= 0.6 is 0 Å². The minimum absolute atomic E-state index is 0.0974. The zero-order valence-electron chi connectivity index (χ0n) is 20.0. The third-order valence-corrected chi connectivity index (χ3v) is 8.50. The zero-order valence-corrected chi connectivity index (χ0v) is 20.0. The molecule has 0 radical (unpaired) electrons. The summed E-state index contributed by atoms with van der Waals surface area (Å²) < 4.78 is 0. The van der Waals surface area contributed by atoms with E-state index in [2.05, 4.69) is 51.2 Å². The Labute approximate surface area is 206 Å². The van der Waals surface area contributed by atoms with Crippen LogP contribution in [-0.2, 0) is 6.42 Å². The Morgan fingerprint density at radius 1 is 0.886 bits per heavy atom. The molecule has 2 aromatic carbocycles. The molecule has 2 aliphatic carbocycles. The minimum Gasteiger partial charge on any atom is -0.363 e. The highest BCUT2D eigenvalue weighted by Crippen LogP contribution is 2.43. The Hall–Kier alpha value is -3.12. The van der Waals surface area contributed by atoms with Crippen molar-refractivity contribution in [2.45, 2.75) is 81.6 Å². The number of aryl methyl sites for hydroxylation is 1. The first-order valence-corrected chi connectivity index (χ1v) is 13.3. The van der Waals surface area contributed by atoms with Gasteiger partial charge >= 0.3 is 6.03 Å². The summed E-state index contributed by atoms with van der Waals surface area (Å²) in [6.45, 7) is 0. The Kier molecular flexibility index (Phi) is 5.16. The number of pyridine rings is 1. The normalized spacial score (nSPS) is 27.5. The van der Waals surface area contributed by atoms with Gasteiger partial charge in [0.15, 0.2) is 0 Å². The van der Waals surface area contributed by atoms with E-state index in [0.29, 0.717) is 18.1 Å². The van der Waals surface area contributed by atoms with Gasteiger partial charge in [-0.1, -0.05) is 24.3 Å². The molecule has 6 nitrogen and oxygen atoms in total. The highest BCUT2D eigenvalue weighted by atomic mass is 16.2. The highest BCUT2D eigenvalue weighted by Gasteiger charge is 2.47. The van der Waals surface area contributed by atoms with E-state index in [4.69, 9.17) is 4.98 Å². The summed E-state index contributed by atoms with van der Waals surface area (Å²) in [6.07, 6.45) is 9.71. The molecule has 2 bridgehead atoms. The minimum atomic E-state index is -0.0974. The summed E-state index contributed by atoms with van der Waals surface area (Å²) in [4.78, 5) is 20.4. The molecule has 1 aromatic heterocycles. The van der Waals surface area contributed by atoms with E-state index in [-0.39, 0.29) is 12.1 Å². The molecule has 2 amide bonds. The first kappa shape index (κ1) is 21.2. The second-order valence-electron chi connectivity index (χ2n) is 10.9. The van der Waals surface area contributed by atoms with Crippen molar-refractivity contribution >= 4 is 28.4 Å². The fraction of sp³-hybridized carbons (Fsp3) is 0.448. The summed E-state index contributed by atoms with van der Waals surface area (Å²) in [5.74, 6) is 0.893. The van der Waals surface area contributed by atoms with Crippen molar-refractivity contribution in [2.24, 2.45) is 0 Å². The molecule has 3 heterocycles. The predicted molar refractivity (Wildman–Crippen MR) is 140 cm³/mol. The monoisotopic (exact) mass is 467 g/mol. The number of nitrogens with one attached hydrogen (secondary N) is 3.